The third kappa shape index (κ3) is 4.86. The Kier molecular flexibility index (Phi) is 6.54. The zero-order valence-corrected chi connectivity index (χ0v) is 21.0. The minimum Gasteiger partial charge on any atom is -0.488 e. The van der Waals surface area contributed by atoms with E-state index < -0.39 is 11.6 Å². The summed E-state index contributed by atoms with van der Waals surface area (Å²) in [6.45, 7) is 4.78. The first-order chi connectivity index (χ1) is 18.4. The van der Waals surface area contributed by atoms with Crippen molar-refractivity contribution < 1.29 is 18.3 Å². The number of imidazole rings is 1. The topological polar surface area (TPSA) is 103 Å². The summed E-state index contributed by atoms with van der Waals surface area (Å²) in [5.41, 5.74) is 8.53. The van der Waals surface area contributed by atoms with E-state index in [4.69, 9.17) is 15.2 Å². The van der Waals surface area contributed by atoms with Gasteiger partial charge in [-0.2, -0.15) is 9.61 Å². The van der Waals surface area contributed by atoms with Gasteiger partial charge in [0.05, 0.1) is 53.8 Å². The lowest BCUT2D eigenvalue weighted by Crippen LogP contribution is -2.46. The van der Waals surface area contributed by atoms with Crippen molar-refractivity contribution in [1.82, 2.24) is 19.6 Å². The highest BCUT2D eigenvalue weighted by atomic mass is 19.1. The molecular weight excluding hydrogens is 492 g/mol. The van der Waals surface area contributed by atoms with E-state index in [0.717, 1.165) is 30.9 Å². The zero-order valence-electron chi connectivity index (χ0n) is 21.0. The number of pyridine rings is 1. The predicted molar refractivity (Wildman–Crippen MR) is 140 cm³/mol. The second-order valence-electron chi connectivity index (χ2n) is 10.0. The first kappa shape index (κ1) is 24.5. The van der Waals surface area contributed by atoms with Gasteiger partial charge < -0.3 is 25.4 Å². The lowest BCUT2D eigenvalue weighted by atomic mass is 9.96. The molecule has 2 aliphatic rings. The molecule has 0 saturated carbocycles. The van der Waals surface area contributed by atoms with Crippen LogP contribution in [0.1, 0.15) is 19.8 Å². The molecule has 11 heteroatoms. The molecular formula is C27H29F2N7O2. The summed E-state index contributed by atoms with van der Waals surface area (Å²) in [7, 11) is 0. The summed E-state index contributed by atoms with van der Waals surface area (Å²) in [5.74, 6) is -0.533. The van der Waals surface area contributed by atoms with E-state index in [-0.39, 0.29) is 29.2 Å². The first-order valence-electron chi connectivity index (χ1n) is 12.7. The Bertz CT molecular complexity index is 1420. The number of ether oxygens (including phenoxy) is 2. The number of rotatable bonds is 6. The van der Waals surface area contributed by atoms with Gasteiger partial charge in [-0.3, -0.25) is 4.98 Å². The molecule has 198 valence electrons. The number of hydrogen-bond donors (Lipinski definition) is 2. The Morgan fingerprint density at radius 2 is 1.97 bits per heavy atom. The van der Waals surface area contributed by atoms with Crippen LogP contribution < -0.4 is 20.7 Å². The Balaban J connectivity index is 1.30. The van der Waals surface area contributed by atoms with Crippen LogP contribution in [0.3, 0.4) is 0 Å². The van der Waals surface area contributed by atoms with Crippen LogP contribution in [0.4, 0.5) is 26.1 Å². The van der Waals surface area contributed by atoms with Crippen LogP contribution in [0, 0.1) is 17.6 Å². The normalized spacial score (nSPS) is 21.7. The van der Waals surface area contributed by atoms with E-state index in [2.05, 4.69) is 32.2 Å². The maximum absolute atomic E-state index is 15.1. The molecule has 2 aliphatic heterocycles. The van der Waals surface area contributed by atoms with Gasteiger partial charge in [0.25, 0.3) is 0 Å². The predicted octanol–water partition coefficient (Wildman–Crippen LogP) is 4.15. The largest absolute Gasteiger partial charge is 0.488 e. The van der Waals surface area contributed by atoms with E-state index in [1.165, 1.54) is 16.6 Å². The maximum Gasteiger partial charge on any atom is 0.229 e. The summed E-state index contributed by atoms with van der Waals surface area (Å²) in [6.07, 6.45) is 6.55. The number of benzene rings is 1. The van der Waals surface area contributed by atoms with Crippen LogP contribution >= 0.6 is 0 Å². The quantitative estimate of drug-likeness (QED) is 0.390. The zero-order chi connectivity index (χ0) is 26.2. The highest BCUT2D eigenvalue weighted by molar-refractivity contribution is 5.74. The highest BCUT2D eigenvalue weighted by Gasteiger charge is 2.25. The number of nitrogens with two attached hydrogens (primary N) is 1. The average Bonchev–Trinajstić information content (AvgIpc) is 3.53. The fourth-order valence-corrected chi connectivity index (χ4v) is 5.24. The Morgan fingerprint density at radius 1 is 1.13 bits per heavy atom. The number of nitrogens with zero attached hydrogens (tertiary/aromatic N) is 5. The number of nitrogens with one attached hydrogen (secondary N) is 1. The Hall–Kier alpha value is -3.83. The van der Waals surface area contributed by atoms with Crippen LogP contribution in [-0.2, 0) is 4.74 Å². The van der Waals surface area contributed by atoms with E-state index in [1.54, 1.807) is 30.7 Å². The molecule has 2 fully saturated rings. The van der Waals surface area contributed by atoms with Gasteiger partial charge in [-0.15, -0.1) is 0 Å². The molecule has 1 unspecified atom stereocenters. The minimum absolute atomic E-state index is 0.0873. The lowest BCUT2D eigenvalue weighted by Gasteiger charge is -2.37. The monoisotopic (exact) mass is 521 g/mol. The highest BCUT2D eigenvalue weighted by Crippen LogP contribution is 2.33. The van der Waals surface area contributed by atoms with Crippen LogP contribution in [0.25, 0.3) is 16.8 Å². The van der Waals surface area contributed by atoms with Crippen molar-refractivity contribution in [2.24, 2.45) is 11.7 Å². The molecule has 0 amide bonds. The molecule has 0 aliphatic carbocycles. The van der Waals surface area contributed by atoms with Gasteiger partial charge in [0.15, 0.2) is 0 Å². The fraction of sp³-hybridized carbons (Fsp3) is 0.370. The van der Waals surface area contributed by atoms with Crippen LogP contribution in [0.15, 0.2) is 48.9 Å². The number of fused-ring (bicyclic) bond motifs is 1. The van der Waals surface area contributed by atoms with E-state index in [0.29, 0.717) is 37.0 Å². The van der Waals surface area contributed by atoms with Gasteiger partial charge in [0.2, 0.25) is 5.95 Å². The minimum atomic E-state index is -0.759. The summed E-state index contributed by atoms with van der Waals surface area (Å²) < 4.78 is 42.7. The van der Waals surface area contributed by atoms with Crippen LogP contribution in [0.5, 0.6) is 5.75 Å². The summed E-state index contributed by atoms with van der Waals surface area (Å²) in [6, 6.07) is 7.68. The molecule has 38 heavy (non-hydrogen) atoms. The second kappa shape index (κ2) is 10.1. The molecule has 0 spiro atoms. The van der Waals surface area contributed by atoms with Crippen molar-refractivity contribution >= 4 is 22.8 Å². The van der Waals surface area contributed by atoms with Crippen molar-refractivity contribution in [3.05, 3.63) is 60.6 Å². The number of aromatic nitrogens is 4. The van der Waals surface area contributed by atoms with Gasteiger partial charge in [-0.25, -0.2) is 13.8 Å². The Labute approximate surface area is 218 Å². The molecule has 9 nitrogen and oxygen atoms in total. The Morgan fingerprint density at radius 3 is 2.74 bits per heavy atom. The molecule has 0 radical (unpaired) electrons. The molecule has 6 rings (SSSR count). The molecule has 3 atom stereocenters. The molecule has 3 N–H and O–H groups in total. The van der Waals surface area contributed by atoms with Crippen molar-refractivity contribution in [1.29, 1.82) is 0 Å². The molecule has 2 saturated heterocycles. The molecule has 4 aromatic rings. The number of halogens is 2. The third-order valence-corrected chi connectivity index (χ3v) is 6.92. The number of anilines is 3. The van der Waals surface area contributed by atoms with Crippen molar-refractivity contribution in [2.75, 3.05) is 36.5 Å². The van der Waals surface area contributed by atoms with Gasteiger partial charge in [0.1, 0.15) is 23.5 Å². The lowest BCUT2D eigenvalue weighted by molar-refractivity contribution is 0.141. The van der Waals surface area contributed by atoms with Crippen molar-refractivity contribution in [3.8, 4) is 17.0 Å². The van der Waals surface area contributed by atoms with Gasteiger partial charge in [0, 0.05) is 43.9 Å². The fourth-order valence-electron chi connectivity index (χ4n) is 5.24. The average molecular weight is 522 g/mol. The van der Waals surface area contributed by atoms with Crippen LogP contribution in [0.2, 0.25) is 0 Å². The van der Waals surface area contributed by atoms with E-state index >= 15 is 8.78 Å². The van der Waals surface area contributed by atoms with Gasteiger partial charge >= 0.3 is 0 Å². The molecule has 1 aromatic carbocycles. The van der Waals surface area contributed by atoms with Crippen molar-refractivity contribution in [3.63, 3.8) is 0 Å². The molecule has 0 bridgehead atoms. The molecule has 3 aromatic heterocycles. The third-order valence-electron chi connectivity index (χ3n) is 6.92. The SMILES string of the molecule is C[C@@H]1C[C@H](N)CN(c2ccncc2Nc2ncc3ccc(-c4c(F)cc(OC5CCOC5)cc4F)nn23)C1. The maximum atomic E-state index is 15.1. The first-order valence-corrected chi connectivity index (χ1v) is 12.7. The summed E-state index contributed by atoms with van der Waals surface area (Å²) >= 11 is 0. The number of piperidine rings is 1. The van der Waals surface area contributed by atoms with E-state index in [1.807, 2.05) is 6.07 Å². The van der Waals surface area contributed by atoms with Gasteiger partial charge in [-0.1, -0.05) is 6.92 Å². The van der Waals surface area contributed by atoms with Crippen LogP contribution in [-0.4, -0.2) is 58.0 Å². The summed E-state index contributed by atoms with van der Waals surface area (Å²) in [4.78, 5) is 11.0. The van der Waals surface area contributed by atoms with Gasteiger partial charge in [-0.05, 0) is 30.5 Å². The molecule has 5 heterocycles. The van der Waals surface area contributed by atoms with Crippen molar-refractivity contribution in [2.45, 2.75) is 31.9 Å². The van der Waals surface area contributed by atoms with E-state index in [9.17, 15) is 0 Å². The number of hydrogen-bond acceptors (Lipinski definition) is 8. The smallest absolute Gasteiger partial charge is 0.229 e. The standard InChI is InChI=1S/C27H29F2N7O2/c1-16-8-17(30)14-35(13-16)25-4-6-31-12-24(25)33-27-32-11-18-2-3-23(34-36(18)27)26-21(28)9-20(10-22(26)29)38-19-5-7-37-15-19/h2-4,6,9-12,16-17,19H,5,7-8,13-15,30H2,1H3,(H,32,33)/t16-,17+,19?/m1/s1. The summed E-state index contributed by atoms with van der Waals surface area (Å²) in [5, 5.41) is 7.82. The second-order valence-corrected chi connectivity index (χ2v) is 10.0.